The number of hydrogen-bond acceptors (Lipinski definition) is 3. The van der Waals surface area contributed by atoms with Crippen LogP contribution in [-0.4, -0.2) is 48.6 Å². The predicted octanol–water partition coefficient (Wildman–Crippen LogP) is 1.36. The van der Waals surface area contributed by atoms with Crippen molar-refractivity contribution in [3.8, 4) is 0 Å². The molecule has 0 radical (unpaired) electrons. The van der Waals surface area contributed by atoms with Crippen LogP contribution in [0.3, 0.4) is 0 Å². The average Bonchev–Trinajstić information content (AvgIpc) is 3.14. The predicted molar refractivity (Wildman–Crippen MR) is 78.1 cm³/mol. The van der Waals surface area contributed by atoms with Gasteiger partial charge in [0.15, 0.2) is 0 Å². The first-order valence-electron chi connectivity index (χ1n) is 7.83. The SMILES string of the molecule is CC(C)CN1CCC(NC(C)C(=O)NC2CC2)CC1. The van der Waals surface area contributed by atoms with Gasteiger partial charge >= 0.3 is 0 Å². The van der Waals surface area contributed by atoms with Crippen molar-refractivity contribution in [1.82, 2.24) is 15.5 Å². The lowest BCUT2D eigenvalue weighted by molar-refractivity contribution is -0.123. The van der Waals surface area contributed by atoms with Gasteiger partial charge in [0.1, 0.15) is 0 Å². The number of amides is 1. The van der Waals surface area contributed by atoms with Crippen molar-refractivity contribution in [2.45, 2.75) is 64.6 Å². The number of likely N-dealkylation sites (tertiary alicyclic amines) is 1. The van der Waals surface area contributed by atoms with Crippen LogP contribution in [0.5, 0.6) is 0 Å². The molecule has 4 heteroatoms. The molecule has 1 aliphatic carbocycles. The number of carbonyl (C=O) groups excluding carboxylic acids is 1. The van der Waals surface area contributed by atoms with Crippen molar-refractivity contribution >= 4 is 5.91 Å². The zero-order valence-electron chi connectivity index (χ0n) is 12.6. The van der Waals surface area contributed by atoms with Crippen molar-refractivity contribution in [2.75, 3.05) is 19.6 Å². The molecule has 0 aromatic rings. The number of piperidine rings is 1. The minimum absolute atomic E-state index is 0.0535. The Labute approximate surface area is 117 Å². The van der Waals surface area contributed by atoms with Gasteiger partial charge in [-0.05, 0) is 51.6 Å². The third kappa shape index (κ3) is 5.11. The number of nitrogens with one attached hydrogen (secondary N) is 2. The molecule has 1 heterocycles. The van der Waals surface area contributed by atoms with Crippen LogP contribution in [-0.2, 0) is 4.79 Å². The van der Waals surface area contributed by atoms with Crippen molar-refractivity contribution < 1.29 is 4.79 Å². The second-order valence-corrected chi connectivity index (χ2v) is 6.64. The molecular formula is C15H29N3O. The molecular weight excluding hydrogens is 238 g/mol. The third-order valence-corrected chi connectivity index (χ3v) is 4.01. The van der Waals surface area contributed by atoms with E-state index >= 15 is 0 Å². The molecule has 110 valence electrons. The number of nitrogens with zero attached hydrogens (tertiary/aromatic N) is 1. The van der Waals surface area contributed by atoms with E-state index in [1.54, 1.807) is 0 Å². The molecule has 0 spiro atoms. The van der Waals surface area contributed by atoms with Crippen LogP contribution in [0.1, 0.15) is 46.5 Å². The first-order valence-corrected chi connectivity index (χ1v) is 7.83. The molecule has 1 saturated carbocycles. The molecule has 2 fully saturated rings. The molecule has 19 heavy (non-hydrogen) atoms. The van der Waals surface area contributed by atoms with Crippen LogP contribution in [0.4, 0.5) is 0 Å². The van der Waals surface area contributed by atoms with E-state index in [1.807, 2.05) is 6.92 Å². The number of rotatable bonds is 6. The van der Waals surface area contributed by atoms with Crippen LogP contribution >= 0.6 is 0 Å². The molecule has 1 amide bonds. The highest BCUT2D eigenvalue weighted by molar-refractivity contribution is 5.81. The van der Waals surface area contributed by atoms with Crippen molar-refractivity contribution in [1.29, 1.82) is 0 Å². The standard InChI is InChI=1S/C15H29N3O/c1-11(2)10-18-8-6-14(7-9-18)16-12(3)15(19)17-13-4-5-13/h11-14,16H,4-10H2,1-3H3,(H,17,19). The highest BCUT2D eigenvalue weighted by Gasteiger charge is 2.27. The van der Waals surface area contributed by atoms with Gasteiger partial charge in [-0.15, -0.1) is 0 Å². The minimum atomic E-state index is -0.0535. The normalized spacial score (nSPS) is 23.6. The quantitative estimate of drug-likeness (QED) is 0.764. The van der Waals surface area contributed by atoms with Gasteiger partial charge in [-0.3, -0.25) is 4.79 Å². The van der Waals surface area contributed by atoms with Gasteiger partial charge in [-0.25, -0.2) is 0 Å². The summed E-state index contributed by atoms with van der Waals surface area (Å²) in [6, 6.07) is 0.912. The molecule has 2 aliphatic rings. The summed E-state index contributed by atoms with van der Waals surface area (Å²) in [5.74, 6) is 0.917. The summed E-state index contributed by atoms with van der Waals surface area (Å²) in [5, 5.41) is 6.55. The zero-order valence-corrected chi connectivity index (χ0v) is 12.6. The molecule has 2 rings (SSSR count). The largest absolute Gasteiger partial charge is 0.352 e. The fourth-order valence-corrected chi connectivity index (χ4v) is 2.78. The first kappa shape index (κ1) is 14.8. The van der Waals surface area contributed by atoms with Crippen LogP contribution < -0.4 is 10.6 Å². The topological polar surface area (TPSA) is 44.4 Å². The Morgan fingerprint density at radius 1 is 1.11 bits per heavy atom. The Hall–Kier alpha value is -0.610. The van der Waals surface area contributed by atoms with Gasteiger partial charge in [0, 0.05) is 18.6 Å². The lowest BCUT2D eigenvalue weighted by Gasteiger charge is -2.34. The minimum Gasteiger partial charge on any atom is -0.352 e. The van der Waals surface area contributed by atoms with Crippen LogP contribution in [0.2, 0.25) is 0 Å². The Kier molecular flexibility index (Phi) is 5.22. The molecule has 0 bridgehead atoms. The molecule has 0 aromatic carbocycles. The van der Waals surface area contributed by atoms with Gasteiger partial charge in [-0.2, -0.15) is 0 Å². The highest BCUT2D eigenvalue weighted by atomic mass is 16.2. The average molecular weight is 267 g/mol. The van der Waals surface area contributed by atoms with Crippen LogP contribution in [0.25, 0.3) is 0 Å². The molecule has 1 unspecified atom stereocenters. The smallest absolute Gasteiger partial charge is 0.237 e. The van der Waals surface area contributed by atoms with Crippen LogP contribution in [0.15, 0.2) is 0 Å². The Bertz CT molecular complexity index is 294. The second kappa shape index (κ2) is 6.71. The lowest BCUT2D eigenvalue weighted by Crippen LogP contribution is -2.51. The highest BCUT2D eigenvalue weighted by Crippen LogP contribution is 2.19. The van der Waals surface area contributed by atoms with E-state index in [4.69, 9.17) is 0 Å². The van der Waals surface area contributed by atoms with Gasteiger partial charge in [0.05, 0.1) is 6.04 Å². The van der Waals surface area contributed by atoms with E-state index in [-0.39, 0.29) is 11.9 Å². The van der Waals surface area contributed by atoms with Gasteiger partial charge in [0.25, 0.3) is 0 Å². The van der Waals surface area contributed by atoms with E-state index in [9.17, 15) is 4.79 Å². The maximum absolute atomic E-state index is 11.9. The van der Waals surface area contributed by atoms with Crippen molar-refractivity contribution in [2.24, 2.45) is 5.92 Å². The van der Waals surface area contributed by atoms with Crippen molar-refractivity contribution in [3.63, 3.8) is 0 Å². The third-order valence-electron chi connectivity index (χ3n) is 4.01. The Morgan fingerprint density at radius 3 is 2.26 bits per heavy atom. The molecule has 2 N–H and O–H groups in total. The van der Waals surface area contributed by atoms with E-state index in [2.05, 4.69) is 29.4 Å². The van der Waals surface area contributed by atoms with E-state index in [0.717, 1.165) is 44.7 Å². The van der Waals surface area contributed by atoms with E-state index < -0.39 is 0 Å². The summed E-state index contributed by atoms with van der Waals surface area (Å²) < 4.78 is 0. The Morgan fingerprint density at radius 2 is 1.74 bits per heavy atom. The monoisotopic (exact) mass is 267 g/mol. The molecule has 1 aliphatic heterocycles. The summed E-state index contributed by atoms with van der Waals surface area (Å²) in [7, 11) is 0. The molecule has 0 aromatic heterocycles. The summed E-state index contributed by atoms with van der Waals surface area (Å²) in [5.41, 5.74) is 0. The molecule has 1 atom stereocenters. The number of hydrogen-bond donors (Lipinski definition) is 2. The van der Waals surface area contributed by atoms with Crippen molar-refractivity contribution in [3.05, 3.63) is 0 Å². The fraction of sp³-hybridized carbons (Fsp3) is 0.933. The molecule has 1 saturated heterocycles. The van der Waals surface area contributed by atoms with Crippen LogP contribution in [0, 0.1) is 5.92 Å². The fourth-order valence-electron chi connectivity index (χ4n) is 2.78. The van der Waals surface area contributed by atoms with Gasteiger partial charge in [0.2, 0.25) is 5.91 Å². The maximum Gasteiger partial charge on any atom is 0.237 e. The summed E-state index contributed by atoms with van der Waals surface area (Å²) in [6.45, 7) is 10.0. The first-order chi connectivity index (χ1) is 9.04. The van der Waals surface area contributed by atoms with E-state index in [1.165, 1.54) is 6.54 Å². The summed E-state index contributed by atoms with van der Waals surface area (Å²) in [6.07, 6.45) is 4.64. The molecule has 4 nitrogen and oxygen atoms in total. The summed E-state index contributed by atoms with van der Waals surface area (Å²) in [4.78, 5) is 14.4. The summed E-state index contributed by atoms with van der Waals surface area (Å²) >= 11 is 0. The van der Waals surface area contributed by atoms with E-state index in [0.29, 0.717) is 12.1 Å². The Balaban J connectivity index is 1.65. The lowest BCUT2D eigenvalue weighted by atomic mass is 10.0. The second-order valence-electron chi connectivity index (χ2n) is 6.64. The maximum atomic E-state index is 11.9. The van der Waals surface area contributed by atoms with Gasteiger partial charge < -0.3 is 15.5 Å². The zero-order chi connectivity index (χ0) is 13.8. The number of carbonyl (C=O) groups is 1. The van der Waals surface area contributed by atoms with Gasteiger partial charge in [-0.1, -0.05) is 13.8 Å².